The molecule has 1 N–H and O–H groups in total. The summed E-state index contributed by atoms with van der Waals surface area (Å²) in [6.07, 6.45) is 5.12. The molecule has 1 unspecified atom stereocenters. The van der Waals surface area contributed by atoms with Crippen LogP contribution in [-0.4, -0.2) is 34.2 Å². The van der Waals surface area contributed by atoms with Crippen LogP contribution in [0.5, 0.6) is 0 Å². The maximum absolute atomic E-state index is 9.81. The molecule has 0 fully saturated rings. The van der Waals surface area contributed by atoms with Crippen molar-refractivity contribution in [2.24, 2.45) is 5.92 Å². The fourth-order valence-corrected chi connectivity index (χ4v) is 1.97. The molecule has 0 aliphatic carbocycles. The van der Waals surface area contributed by atoms with Crippen molar-refractivity contribution in [3.8, 4) is 0 Å². The zero-order chi connectivity index (χ0) is 13.4. The van der Waals surface area contributed by atoms with Crippen molar-refractivity contribution in [3.05, 3.63) is 37.0 Å². The van der Waals surface area contributed by atoms with Crippen LogP contribution < -0.4 is 0 Å². The summed E-state index contributed by atoms with van der Waals surface area (Å²) < 4.78 is 0. The Kier molecular flexibility index (Phi) is 7.75. The van der Waals surface area contributed by atoms with Crippen LogP contribution in [0.15, 0.2) is 37.0 Å². The number of allylic oxidation sites excluding steroid dienone is 1. The van der Waals surface area contributed by atoms with Gasteiger partial charge in [-0.2, -0.15) is 0 Å². The third-order valence-corrected chi connectivity index (χ3v) is 2.86. The molecular weight excluding hydrogens is 230 g/mol. The molecule has 3 heteroatoms. The van der Waals surface area contributed by atoms with E-state index in [1.165, 1.54) is 0 Å². The molecule has 0 bridgehead atoms. The van der Waals surface area contributed by atoms with Crippen LogP contribution in [0.1, 0.15) is 20.8 Å². The van der Waals surface area contributed by atoms with Gasteiger partial charge >= 0.3 is 0 Å². The van der Waals surface area contributed by atoms with Crippen LogP contribution in [0.2, 0.25) is 0 Å². The third-order valence-electron chi connectivity index (χ3n) is 2.33. The minimum atomic E-state index is -0.491. The zero-order valence-corrected chi connectivity index (χ0v) is 11.8. The van der Waals surface area contributed by atoms with E-state index in [9.17, 15) is 5.11 Å². The number of nitrogens with zero attached hydrogens (tertiary/aromatic N) is 1. The molecule has 2 nitrogen and oxygen atoms in total. The maximum atomic E-state index is 9.81. The van der Waals surface area contributed by atoms with Gasteiger partial charge in [-0.25, -0.2) is 0 Å². The molecule has 0 aliphatic rings. The Labute approximate surface area is 110 Å². The van der Waals surface area contributed by atoms with E-state index >= 15 is 0 Å². The second-order valence-corrected chi connectivity index (χ2v) is 4.75. The quantitative estimate of drug-likeness (QED) is 0.557. The SMILES string of the molecule is C=CCN(CC=C)C(=S)C(C=C(C)C)[C@H](C)O. The average Bonchev–Trinajstić information content (AvgIpc) is 2.24. The summed E-state index contributed by atoms with van der Waals surface area (Å²) in [5.41, 5.74) is 1.15. The number of rotatable bonds is 7. The predicted octanol–water partition coefficient (Wildman–Crippen LogP) is 2.95. The van der Waals surface area contributed by atoms with Gasteiger partial charge in [0, 0.05) is 13.1 Å². The third kappa shape index (κ3) is 5.80. The van der Waals surface area contributed by atoms with E-state index in [2.05, 4.69) is 13.2 Å². The highest BCUT2D eigenvalue weighted by Crippen LogP contribution is 2.15. The lowest BCUT2D eigenvalue weighted by Crippen LogP contribution is -2.38. The molecule has 0 saturated heterocycles. The van der Waals surface area contributed by atoms with E-state index in [0.29, 0.717) is 13.1 Å². The molecule has 0 saturated carbocycles. The van der Waals surface area contributed by atoms with Crippen LogP contribution in [-0.2, 0) is 0 Å². The molecule has 2 atom stereocenters. The van der Waals surface area contributed by atoms with Crippen molar-refractivity contribution in [1.82, 2.24) is 4.90 Å². The lowest BCUT2D eigenvalue weighted by molar-refractivity contribution is 0.171. The van der Waals surface area contributed by atoms with Gasteiger partial charge < -0.3 is 10.0 Å². The number of aliphatic hydroxyl groups excluding tert-OH is 1. The van der Waals surface area contributed by atoms with Crippen LogP contribution in [0, 0.1) is 5.92 Å². The first-order chi connectivity index (χ1) is 7.93. The molecular formula is C14H23NOS. The van der Waals surface area contributed by atoms with Crippen molar-refractivity contribution in [3.63, 3.8) is 0 Å². The van der Waals surface area contributed by atoms with Gasteiger partial charge in [0.15, 0.2) is 0 Å². The summed E-state index contributed by atoms with van der Waals surface area (Å²) >= 11 is 5.45. The largest absolute Gasteiger partial charge is 0.392 e. The number of aliphatic hydroxyl groups is 1. The lowest BCUT2D eigenvalue weighted by Gasteiger charge is -2.28. The van der Waals surface area contributed by atoms with Gasteiger partial charge in [0.1, 0.15) is 0 Å². The Morgan fingerprint density at radius 3 is 2.06 bits per heavy atom. The monoisotopic (exact) mass is 253 g/mol. The summed E-state index contributed by atoms with van der Waals surface area (Å²) in [6.45, 7) is 14.5. The van der Waals surface area contributed by atoms with Gasteiger partial charge in [0.25, 0.3) is 0 Å². The maximum Gasteiger partial charge on any atom is 0.0880 e. The van der Waals surface area contributed by atoms with Gasteiger partial charge in [-0.1, -0.05) is 36.0 Å². The Balaban J connectivity index is 4.95. The summed E-state index contributed by atoms with van der Waals surface area (Å²) in [5.74, 6) is -0.130. The van der Waals surface area contributed by atoms with Gasteiger partial charge in [-0.3, -0.25) is 0 Å². The lowest BCUT2D eigenvalue weighted by atomic mass is 10.00. The van der Waals surface area contributed by atoms with Gasteiger partial charge in [-0.05, 0) is 20.8 Å². The minimum Gasteiger partial charge on any atom is -0.392 e. The van der Waals surface area contributed by atoms with Crippen molar-refractivity contribution in [1.29, 1.82) is 0 Å². The standard InChI is InChI=1S/C14H23NOS/c1-6-8-15(9-7-2)14(17)13(12(5)16)10-11(3)4/h6-7,10,12-13,16H,1-2,8-9H2,3-5H3/t12-,13?/m0/s1. The van der Waals surface area contributed by atoms with E-state index < -0.39 is 6.10 Å². The Bertz CT molecular complexity index is 293. The van der Waals surface area contributed by atoms with Gasteiger partial charge in [0.05, 0.1) is 17.0 Å². The first-order valence-corrected chi connectivity index (χ1v) is 6.18. The van der Waals surface area contributed by atoms with E-state index in [1.54, 1.807) is 19.1 Å². The van der Waals surface area contributed by atoms with Crippen LogP contribution in [0.3, 0.4) is 0 Å². The normalized spacial score (nSPS) is 13.4. The molecule has 0 radical (unpaired) electrons. The highest BCUT2D eigenvalue weighted by atomic mass is 32.1. The smallest absolute Gasteiger partial charge is 0.0880 e. The second-order valence-electron chi connectivity index (χ2n) is 4.33. The Morgan fingerprint density at radius 2 is 1.76 bits per heavy atom. The molecule has 0 heterocycles. The number of hydrogen-bond donors (Lipinski definition) is 1. The average molecular weight is 253 g/mol. The fraction of sp³-hybridized carbons (Fsp3) is 0.500. The highest BCUT2D eigenvalue weighted by molar-refractivity contribution is 7.80. The molecule has 0 rings (SSSR count). The molecule has 0 aliphatic heterocycles. The predicted molar refractivity (Wildman–Crippen MR) is 79.2 cm³/mol. The van der Waals surface area contributed by atoms with Crippen LogP contribution >= 0.6 is 12.2 Å². The Hall–Kier alpha value is -0.930. The molecule has 0 aromatic rings. The molecule has 0 aromatic heterocycles. The molecule has 96 valence electrons. The first kappa shape index (κ1) is 16.1. The number of hydrogen-bond acceptors (Lipinski definition) is 2. The van der Waals surface area contributed by atoms with Crippen LogP contribution in [0.4, 0.5) is 0 Å². The summed E-state index contributed by atoms with van der Waals surface area (Å²) in [7, 11) is 0. The van der Waals surface area contributed by atoms with Crippen molar-refractivity contribution >= 4 is 17.2 Å². The zero-order valence-electron chi connectivity index (χ0n) is 11.0. The molecule has 0 amide bonds. The van der Waals surface area contributed by atoms with E-state index in [0.717, 1.165) is 10.6 Å². The highest BCUT2D eigenvalue weighted by Gasteiger charge is 2.21. The first-order valence-electron chi connectivity index (χ1n) is 5.77. The van der Waals surface area contributed by atoms with E-state index in [4.69, 9.17) is 12.2 Å². The molecule has 0 aromatic carbocycles. The molecule has 17 heavy (non-hydrogen) atoms. The van der Waals surface area contributed by atoms with E-state index in [1.807, 2.05) is 24.8 Å². The molecule has 0 spiro atoms. The minimum absolute atomic E-state index is 0.130. The topological polar surface area (TPSA) is 23.5 Å². The van der Waals surface area contributed by atoms with Crippen LogP contribution in [0.25, 0.3) is 0 Å². The second kappa shape index (κ2) is 8.20. The number of thiocarbonyl (C=S) groups is 1. The van der Waals surface area contributed by atoms with Crippen molar-refractivity contribution < 1.29 is 5.11 Å². The summed E-state index contributed by atoms with van der Waals surface area (Å²) in [4.78, 5) is 2.73. The summed E-state index contributed by atoms with van der Waals surface area (Å²) in [5, 5.41) is 9.81. The van der Waals surface area contributed by atoms with Crippen molar-refractivity contribution in [2.45, 2.75) is 26.9 Å². The van der Waals surface area contributed by atoms with Gasteiger partial charge in [0.2, 0.25) is 0 Å². The van der Waals surface area contributed by atoms with Gasteiger partial charge in [-0.15, -0.1) is 13.2 Å². The van der Waals surface area contributed by atoms with E-state index in [-0.39, 0.29) is 5.92 Å². The fourth-order valence-electron chi connectivity index (χ4n) is 1.55. The Morgan fingerprint density at radius 1 is 1.29 bits per heavy atom. The van der Waals surface area contributed by atoms with Crippen molar-refractivity contribution in [2.75, 3.05) is 13.1 Å². The summed E-state index contributed by atoms with van der Waals surface area (Å²) in [6, 6.07) is 0.